The normalized spacial score (nSPS) is 15.2. The molecule has 7 nitrogen and oxygen atoms in total. The molecule has 7 heteroatoms. The molecule has 4 rings (SSSR count). The fraction of sp³-hybridized carbons (Fsp3) is 0.421. The molecule has 0 amide bonds. The molecule has 136 valence electrons. The molecule has 3 aromatic rings. The minimum Gasteiger partial charge on any atom is -0.367 e. The number of anilines is 2. The van der Waals surface area contributed by atoms with Gasteiger partial charge in [-0.3, -0.25) is 4.68 Å². The van der Waals surface area contributed by atoms with Gasteiger partial charge in [-0.2, -0.15) is 5.10 Å². The summed E-state index contributed by atoms with van der Waals surface area (Å²) in [5, 5.41) is 5.47. The number of hydrogen-bond acceptors (Lipinski definition) is 6. The summed E-state index contributed by atoms with van der Waals surface area (Å²) in [4.78, 5) is 16.0. The number of fused-ring (bicyclic) bond motifs is 1. The number of hydrogen-bond donors (Lipinski definition) is 0. The Labute approximate surface area is 153 Å². The predicted molar refractivity (Wildman–Crippen MR) is 105 cm³/mol. The highest BCUT2D eigenvalue weighted by molar-refractivity contribution is 5.89. The molecule has 0 unspecified atom stereocenters. The van der Waals surface area contributed by atoms with Crippen molar-refractivity contribution in [1.29, 1.82) is 0 Å². The second kappa shape index (κ2) is 6.92. The maximum Gasteiger partial charge on any atom is 0.159 e. The van der Waals surface area contributed by atoms with Gasteiger partial charge in [0.2, 0.25) is 0 Å². The van der Waals surface area contributed by atoms with Gasteiger partial charge in [-0.15, -0.1) is 0 Å². The zero-order valence-corrected chi connectivity index (χ0v) is 15.6. The van der Waals surface area contributed by atoms with Crippen molar-refractivity contribution in [2.75, 3.05) is 50.1 Å². The molecule has 0 aromatic carbocycles. The average Bonchev–Trinajstić information content (AvgIpc) is 3.03. The Balaban J connectivity index is 1.45. The van der Waals surface area contributed by atoms with E-state index in [2.05, 4.69) is 62.1 Å². The summed E-state index contributed by atoms with van der Waals surface area (Å²) in [5.41, 5.74) is 3.40. The summed E-state index contributed by atoms with van der Waals surface area (Å²) in [6.07, 6.45) is 5.77. The lowest BCUT2D eigenvalue weighted by atomic mass is 10.2. The van der Waals surface area contributed by atoms with Gasteiger partial charge < -0.3 is 14.7 Å². The van der Waals surface area contributed by atoms with Crippen LogP contribution in [0, 0.1) is 0 Å². The standard InChI is InChI=1S/C19H25N7/c1-23(2)14-15-4-5-18(21-12-15)26-10-8-25(9-11-26)17-6-7-20-19-16(17)13-22-24(19)3/h4-7,12-13H,8-11,14H2,1-3H3. The van der Waals surface area contributed by atoms with Crippen molar-refractivity contribution >= 4 is 22.5 Å². The molecular weight excluding hydrogens is 326 g/mol. The van der Waals surface area contributed by atoms with Crippen LogP contribution in [0.25, 0.3) is 11.0 Å². The molecular formula is C19H25N7. The smallest absolute Gasteiger partial charge is 0.159 e. The van der Waals surface area contributed by atoms with Gasteiger partial charge in [0, 0.05) is 52.2 Å². The van der Waals surface area contributed by atoms with E-state index in [0.29, 0.717) is 0 Å². The third-order valence-corrected chi connectivity index (χ3v) is 4.86. The Kier molecular flexibility index (Phi) is 4.46. The van der Waals surface area contributed by atoms with Crippen molar-refractivity contribution in [2.24, 2.45) is 7.05 Å². The SMILES string of the molecule is CN(C)Cc1ccc(N2CCN(c3ccnc4c3cnn4C)CC2)nc1. The predicted octanol–water partition coefficient (Wildman–Crippen LogP) is 1.75. The van der Waals surface area contributed by atoms with E-state index in [4.69, 9.17) is 0 Å². The summed E-state index contributed by atoms with van der Waals surface area (Å²) in [6.45, 7) is 4.78. The van der Waals surface area contributed by atoms with Crippen molar-refractivity contribution in [3.63, 3.8) is 0 Å². The molecule has 3 aromatic heterocycles. The first-order valence-electron chi connectivity index (χ1n) is 8.98. The van der Waals surface area contributed by atoms with Crippen LogP contribution in [0.15, 0.2) is 36.8 Å². The second-order valence-corrected chi connectivity index (χ2v) is 7.07. The monoisotopic (exact) mass is 351 g/mol. The summed E-state index contributed by atoms with van der Waals surface area (Å²) in [6, 6.07) is 6.41. The number of rotatable bonds is 4. The topological polar surface area (TPSA) is 53.3 Å². The molecule has 1 aliphatic rings. The van der Waals surface area contributed by atoms with Crippen LogP contribution in [-0.2, 0) is 13.6 Å². The summed E-state index contributed by atoms with van der Waals surface area (Å²) in [7, 11) is 6.08. The molecule has 0 atom stereocenters. The largest absolute Gasteiger partial charge is 0.367 e. The molecule has 1 saturated heterocycles. The highest BCUT2D eigenvalue weighted by atomic mass is 15.3. The Morgan fingerprint density at radius 3 is 2.42 bits per heavy atom. The number of nitrogens with zero attached hydrogens (tertiary/aromatic N) is 7. The molecule has 0 aliphatic carbocycles. The Morgan fingerprint density at radius 2 is 1.73 bits per heavy atom. The van der Waals surface area contributed by atoms with Gasteiger partial charge in [-0.1, -0.05) is 6.07 Å². The van der Waals surface area contributed by atoms with Gasteiger partial charge in [-0.05, 0) is 31.8 Å². The van der Waals surface area contributed by atoms with Crippen LogP contribution in [0.3, 0.4) is 0 Å². The van der Waals surface area contributed by atoms with E-state index in [1.165, 1.54) is 11.3 Å². The maximum absolute atomic E-state index is 4.66. The van der Waals surface area contributed by atoms with E-state index in [1.54, 1.807) is 0 Å². The van der Waals surface area contributed by atoms with E-state index < -0.39 is 0 Å². The lowest BCUT2D eigenvalue weighted by molar-refractivity contribution is 0.402. The minimum absolute atomic E-state index is 0.921. The Hall–Kier alpha value is -2.67. The van der Waals surface area contributed by atoms with Gasteiger partial charge in [-0.25, -0.2) is 9.97 Å². The molecule has 26 heavy (non-hydrogen) atoms. The highest BCUT2D eigenvalue weighted by Gasteiger charge is 2.20. The molecule has 4 heterocycles. The number of piperazine rings is 1. The Bertz CT molecular complexity index is 877. The van der Waals surface area contributed by atoms with Crippen molar-refractivity contribution in [3.8, 4) is 0 Å². The zero-order valence-electron chi connectivity index (χ0n) is 15.6. The quantitative estimate of drug-likeness (QED) is 0.714. The fourth-order valence-electron chi connectivity index (χ4n) is 3.55. The minimum atomic E-state index is 0.921. The molecule has 0 N–H and O–H groups in total. The third-order valence-electron chi connectivity index (χ3n) is 4.86. The zero-order chi connectivity index (χ0) is 18.1. The van der Waals surface area contributed by atoms with E-state index in [0.717, 1.165) is 49.6 Å². The van der Waals surface area contributed by atoms with Crippen LogP contribution < -0.4 is 9.80 Å². The molecule has 0 saturated carbocycles. The first kappa shape index (κ1) is 16.8. The molecule has 1 fully saturated rings. The van der Waals surface area contributed by atoms with Gasteiger partial charge in [0.15, 0.2) is 5.65 Å². The second-order valence-electron chi connectivity index (χ2n) is 7.07. The van der Waals surface area contributed by atoms with Crippen molar-refractivity contribution in [1.82, 2.24) is 24.6 Å². The molecule has 1 aliphatic heterocycles. The van der Waals surface area contributed by atoms with E-state index in [9.17, 15) is 0 Å². The van der Waals surface area contributed by atoms with Gasteiger partial charge >= 0.3 is 0 Å². The lowest BCUT2D eigenvalue weighted by Crippen LogP contribution is -2.46. The van der Waals surface area contributed by atoms with Crippen LogP contribution >= 0.6 is 0 Å². The van der Waals surface area contributed by atoms with Gasteiger partial charge in [0.25, 0.3) is 0 Å². The fourth-order valence-corrected chi connectivity index (χ4v) is 3.55. The first-order chi connectivity index (χ1) is 12.6. The number of pyridine rings is 2. The van der Waals surface area contributed by atoms with Gasteiger partial charge in [0.1, 0.15) is 5.82 Å². The van der Waals surface area contributed by atoms with Crippen molar-refractivity contribution in [3.05, 3.63) is 42.4 Å². The van der Waals surface area contributed by atoms with E-state index in [1.807, 2.05) is 30.3 Å². The number of aryl methyl sites for hydroxylation is 1. The van der Waals surface area contributed by atoms with Crippen molar-refractivity contribution in [2.45, 2.75) is 6.54 Å². The molecule has 0 bridgehead atoms. The van der Waals surface area contributed by atoms with Crippen LogP contribution in [0.2, 0.25) is 0 Å². The average molecular weight is 351 g/mol. The summed E-state index contributed by atoms with van der Waals surface area (Å²) in [5.74, 6) is 1.06. The van der Waals surface area contributed by atoms with E-state index in [-0.39, 0.29) is 0 Å². The van der Waals surface area contributed by atoms with Crippen LogP contribution in [0.5, 0.6) is 0 Å². The van der Waals surface area contributed by atoms with Crippen LogP contribution in [0.1, 0.15) is 5.56 Å². The highest BCUT2D eigenvalue weighted by Crippen LogP contribution is 2.26. The van der Waals surface area contributed by atoms with Crippen LogP contribution in [0.4, 0.5) is 11.5 Å². The third kappa shape index (κ3) is 3.22. The van der Waals surface area contributed by atoms with Crippen molar-refractivity contribution < 1.29 is 0 Å². The lowest BCUT2D eigenvalue weighted by Gasteiger charge is -2.37. The first-order valence-corrected chi connectivity index (χ1v) is 8.98. The van der Waals surface area contributed by atoms with Crippen LogP contribution in [-0.4, -0.2) is 64.9 Å². The number of aromatic nitrogens is 4. The Morgan fingerprint density at radius 1 is 0.962 bits per heavy atom. The van der Waals surface area contributed by atoms with Gasteiger partial charge in [0.05, 0.1) is 17.3 Å². The molecule has 0 spiro atoms. The molecule has 0 radical (unpaired) electrons. The summed E-state index contributed by atoms with van der Waals surface area (Å²) >= 11 is 0. The maximum atomic E-state index is 4.66. The van der Waals surface area contributed by atoms with E-state index >= 15 is 0 Å². The summed E-state index contributed by atoms with van der Waals surface area (Å²) < 4.78 is 1.83.